The molecule has 1 fully saturated rings. The van der Waals surface area contributed by atoms with E-state index >= 15 is 0 Å². The zero-order chi connectivity index (χ0) is 23.2. The molecule has 13 nitrogen and oxygen atoms in total. The van der Waals surface area contributed by atoms with Gasteiger partial charge in [0.25, 0.3) is 0 Å². The average Bonchev–Trinajstić information content (AvgIpc) is 3.24. The van der Waals surface area contributed by atoms with Crippen LogP contribution in [0.4, 0.5) is 5.82 Å². The molecule has 4 heterocycles. The van der Waals surface area contributed by atoms with Crippen molar-refractivity contribution >= 4 is 40.6 Å². The third-order valence-electron chi connectivity index (χ3n) is 5.04. The molecule has 0 unspecified atom stereocenters. The summed E-state index contributed by atoms with van der Waals surface area (Å²) in [7, 11) is 1.70. The molecular formula is C19H22N6O7. The SMILES string of the molecule is CC(=O)OC[C@H]1O[C@@H](n2cc3c4c(ncnc42)N(C)N=C3N)[C@H](OC(C)=O)[C@@H]1OC(C)=O. The van der Waals surface area contributed by atoms with Gasteiger partial charge in [-0.05, 0) is 0 Å². The Morgan fingerprint density at radius 1 is 1.09 bits per heavy atom. The molecular weight excluding hydrogens is 424 g/mol. The fourth-order valence-electron chi connectivity index (χ4n) is 3.88. The van der Waals surface area contributed by atoms with Gasteiger partial charge in [-0.2, -0.15) is 5.10 Å². The maximum atomic E-state index is 11.9. The minimum Gasteiger partial charge on any atom is -0.463 e. The number of amidine groups is 1. The average molecular weight is 446 g/mol. The van der Waals surface area contributed by atoms with Crippen LogP contribution in [0.1, 0.15) is 32.6 Å². The van der Waals surface area contributed by atoms with Crippen molar-refractivity contribution in [1.29, 1.82) is 0 Å². The molecule has 2 aromatic heterocycles. The van der Waals surface area contributed by atoms with Crippen LogP contribution in [0, 0.1) is 0 Å². The zero-order valence-electron chi connectivity index (χ0n) is 17.8. The topological polar surface area (TPSA) is 160 Å². The molecule has 2 N–H and O–H groups in total. The molecule has 0 spiro atoms. The summed E-state index contributed by atoms with van der Waals surface area (Å²) >= 11 is 0. The molecule has 0 amide bonds. The summed E-state index contributed by atoms with van der Waals surface area (Å²) in [4.78, 5) is 43.6. The van der Waals surface area contributed by atoms with Gasteiger partial charge in [0.1, 0.15) is 24.7 Å². The second-order valence-electron chi connectivity index (χ2n) is 7.37. The highest BCUT2D eigenvalue weighted by atomic mass is 16.7. The highest BCUT2D eigenvalue weighted by Crippen LogP contribution is 2.39. The highest BCUT2D eigenvalue weighted by molar-refractivity contribution is 6.13. The van der Waals surface area contributed by atoms with E-state index in [9.17, 15) is 14.4 Å². The van der Waals surface area contributed by atoms with Gasteiger partial charge in [-0.3, -0.25) is 14.4 Å². The summed E-state index contributed by atoms with van der Waals surface area (Å²) in [5, 5.41) is 6.41. The summed E-state index contributed by atoms with van der Waals surface area (Å²) in [6, 6.07) is 0. The van der Waals surface area contributed by atoms with Crippen molar-refractivity contribution < 1.29 is 33.3 Å². The van der Waals surface area contributed by atoms with E-state index in [1.807, 2.05) is 0 Å². The maximum absolute atomic E-state index is 11.9. The highest BCUT2D eigenvalue weighted by Gasteiger charge is 2.51. The molecule has 13 heteroatoms. The number of ether oxygens (including phenoxy) is 4. The van der Waals surface area contributed by atoms with E-state index in [-0.39, 0.29) is 12.4 Å². The molecule has 170 valence electrons. The van der Waals surface area contributed by atoms with E-state index < -0.39 is 42.4 Å². The van der Waals surface area contributed by atoms with E-state index in [1.54, 1.807) is 17.8 Å². The molecule has 2 aliphatic heterocycles. The third-order valence-corrected chi connectivity index (χ3v) is 5.04. The van der Waals surface area contributed by atoms with Crippen LogP contribution < -0.4 is 10.7 Å². The summed E-state index contributed by atoms with van der Waals surface area (Å²) < 4.78 is 23.7. The number of anilines is 1. The summed E-state index contributed by atoms with van der Waals surface area (Å²) in [6.07, 6.45) is -0.898. The smallest absolute Gasteiger partial charge is 0.303 e. The number of aromatic nitrogens is 3. The Balaban J connectivity index is 1.81. The van der Waals surface area contributed by atoms with Crippen LogP contribution in [-0.4, -0.2) is 70.2 Å². The van der Waals surface area contributed by atoms with Gasteiger partial charge in [0.2, 0.25) is 0 Å². The Labute approximate surface area is 182 Å². The number of hydrogen-bond donors (Lipinski definition) is 1. The van der Waals surface area contributed by atoms with Gasteiger partial charge in [0.05, 0.1) is 5.39 Å². The number of hydrogen-bond acceptors (Lipinski definition) is 12. The Morgan fingerprint density at radius 2 is 1.78 bits per heavy atom. The largest absolute Gasteiger partial charge is 0.463 e. The number of hydrazone groups is 1. The van der Waals surface area contributed by atoms with Crippen molar-refractivity contribution in [2.45, 2.75) is 45.3 Å². The van der Waals surface area contributed by atoms with E-state index in [0.29, 0.717) is 22.4 Å². The fourth-order valence-corrected chi connectivity index (χ4v) is 3.88. The van der Waals surface area contributed by atoms with Crippen LogP contribution in [0.15, 0.2) is 17.6 Å². The van der Waals surface area contributed by atoms with Gasteiger partial charge in [-0.15, -0.1) is 0 Å². The second kappa shape index (κ2) is 8.07. The molecule has 0 aromatic carbocycles. The van der Waals surface area contributed by atoms with Crippen molar-refractivity contribution in [2.75, 3.05) is 18.7 Å². The third kappa shape index (κ3) is 3.70. The molecule has 0 aliphatic carbocycles. The van der Waals surface area contributed by atoms with Gasteiger partial charge in [0.15, 0.2) is 30.1 Å². The minimum absolute atomic E-state index is 0.208. The molecule has 1 saturated heterocycles. The van der Waals surface area contributed by atoms with E-state index in [2.05, 4.69) is 15.1 Å². The predicted octanol–water partition coefficient (Wildman–Crippen LogP) is -0.175. The van der Waals surface area contributed by atoms with Crippen molar-refractivity contribution in [1.82, 2.24) is 14.5 Å². The standard InChI is InChI=1S/C19H22N6O7/c1-8(26)29-6-12-14(30-9(2)27)15(31-10(3)28)19(32-12)25-5-11-13-17(21-7-22-18(13)25)24(4)23-16(11)20/h5,7,12,14-15,19H,6H2,1-4H3,(H2,20,23)/t12-,14-,15-,19-/m1/s1. The fraction of sp³-hybridized carbons (Fsp3) is 0.474. The van der Waals surface area contributed by atoms with Gasteiger partial charge in [0, 0.05) is 39.6 Å². The minimum atomic E-state index is -1.05. The summed E-state index contributed by atoms with van der Waals surface area (Å²) in [5.41, 5.74) is 7.14. The first-order chi connectivity index (χ1) is 15.2. The van der Waals surface area contributed by atoms with Crippen molar-refractivity contribution in [3.8, 4) is 0 Å². The number of carbonyl (C=O) groups excluding carboxylic acids is 3. The van der Waals surface area contributed by atoms with Crippen LogP contribution >= 0.6 is 0 Å². The molecule has 4 atom stereocenters. The summed E-state index contributed by atoms with van der Waals surface area (Å²) in [5.74, 6) is -0.970. The predicted molar refractivity (Wildman–Crippen MR) is 108 cm³/mol. The van der Waals surface area contributed by atoms with Crippen molar-refractivity contribution in [3.05, 3.63) is 18.1 Å². The Kier molecular flexibility index (Phi) is 5.42. The van der Waals surface area contributed by atoms with Crippen LogP contribution in [0.2, 0.25) is 0 Å². The Bertz CT molecular complexity index is 1130. The molecule has 0 bridgehead atoms. The quantitative estimate of drug-likeness (QED) is 0.479. The van der Waals surface area contributed by atoms with Crippen LogP contribution in [-0.2, 0) is 33.3 Å². The lowest BCUT2D eigenvalue weighted by atomic mass is 10.1. The molecule has 0 radical (unpaired) electrons. The molecule has 32 heavy (non-hydrogen) atoms. The lowest BCUT2D eigenvalue weighted by molar-refractivity contribution is -0.166. The van der Waals surface area contributed by atoms with Crippen LogP contribution in [0.3, 0.4) is 0 Å². The zero-order valence-corrected chi connectivity index (χ0v) is 17.8. The van der Waals surface area contributed by atoms with E-state index in [1.165, 1.54) is 32.1 Å². The van der Waals surface area contributed by atoms with Gasteiger partial charge >= 0.3 is 17.9 Å². The summed E-state index contributed by atoms with van der Waals surface area (Å²) in [6.45, 7) is 3.49. The molecule has 2 aliphatic rings. The maximum Gasteiger partial charge on any atom is 0.303 e. The molecule has 0 saturated carbocycles. The lowest BCUT2D eigenvalue weighted by Gasteiger charge is -2.24. The first-order valence-corrected chi connectivity index (χ1v) is 9.74. The van der Waals surface area contributed by atoms with Crippen LogP contribution in [0.25, 0.3) is 11.0 Å². The Hall–Kier alpha value is -3.74. The monoisotopic (exact) mass is 446 g/mol. The Morgan fingerprint density at radius 3 is 2.44 bits per heavy atom. The first kappa shape index (κ1) is 21.5. The number of nitrogens with two attached hydrogens (primary N) is 1. The van der Waals surface area contributed by atoms with Gasteiger partial charge in [-0.1, -0.05) is 0 Å². The second-order valence-corrected chi connectivity index (χ2v) is 7.37. The van der Waals surface area contributed by atoms with Gasteiger partial charge < -0.3 is 29.2 Å². The number of carbonyl (C=O) groups is 3. The lowest BCUT2D eigenvalue weighted by Crippen LogP contribution is -2.40. The molecule has 4 rings (SSSR count). The van der Waals surface area contributed by atoms with Crippen LogP contribution in [0.5, 0.6) is 0 Å². The number of rotatable bonds is 5. The van der Waals surface area contributed by atoms with Crippen molar-refractivity contribution in [2.24, 2.45) is 10.8 Å². The van der Waals surface area contributed by atoms with Crippen molar-refractivity contribution in [3.63, 3.8) is 0 Å². The van der Waals surface area contributed by atoms with E-state index in [4.69, 9.17) is 24.7 Å². The normalized spacial score (nSPS) is 24.2. The number of esters is 3. The van der Waals surface area contributed by atoms with Gasteiger partial charge in [-0.25, -0.2) is 15.0 Å². The number of nitrogens with zero attached hydrogens (tertiary/aromatic N) is 5. The first-order valence-electron chi connectivity index (χ1n) is 9.74. The van der Waals surface area contributed by atoms with E-state index in [0.717, 1.165) is 0 Å². The molecule has 2 aromatic rings.